The molecule has 0 spiro atoms. The molecule has 0 saturated heterocycles. The van der Waals surface area contributed by atoms with E-state index in [2.05, 4.69) is 5.32 Å². The maximum absolute atomic E-state index is 11.5. The molecule has 0 fully saturated rings. The zero-order chi connectivity index (χ0) is 12.3. The third kappa shape index (κ3) is 2.70. The maximum atomic E-state index is 11.5. The molecule has 0 saturated carbocycles. The van der Waals surface area contributed by atoms with Crippen molar-refractivity contribution in [2.75, 3.05) is 18.5 Å². The van der Waals surface area contributed by atoms with Crippen LogP contribution in [-0.2, 0) is 9.53 Å². The first-order chi connectivity index (χ1) is 8.13. The van der Waals surface area contributed by atoms with Gasteiger partial charge in [-0.1, -0.05) is 12.1 Å². The Morgan fingerprint density at radius 1 is 1.53 bits per heavy atom. The Kier molecular flexibility index (Phi) is 3.22. The lowest BCUT2D eigenvalue weighted by Crippen LogP contribution is -2.46. The number of hydrogen-bond acceptors (Lipinski definition) is 4. The van der Waals surface area contributed by atoms with E-state index in [1.807, 2.05) is 31.2 Å². The highest BCUT2D eigenvalue weighted by Crippen LogP contribution is 2.33. The smallest absolute Gasteiger partial charge is 0.308 e. The lowest BCUT2D eigenvalue weighted by Gasteiger charge is -2.36. The number of fused-ring (bicyclic) bond motifs is 1. The summed E-state index contributed by atoms with van der Waals surface area (Å²) in [6.07, 6.45) is 0.301. The molecule has 1 N–H and O–H groups in total. The van der Waals surface area contributed by atoms with E-state index in [0.29, 0.717) is 19.6 Å². The van der Waals surface area contributed by atoms with Crippen LogP contribution in [0.1, 0.15) is 20.3 Å². The van der Waals surface area contributed by atoms with Gasteiger partial charge in [0.25, 0.3) is 0 Å². The van der Waals surface area contributed by atoms with Gasteiger partial charge in [-0.3, -0.25) is 4.79 Å². The van der Waals surface area contributed by atoms with Gasteiger partial charge in [0.1, 0.15) is 12.4 Å². The molecule has 1 heterocycles. The summed E-state index contributed by atoms with van der Waals surface area (Å²) in [5, 5.41) is 3.34. The number of para-hydroxylation sites is 2. The average Bonchev–Trinajstić information content (AvgIpc) is 2.28. The van der Waals surface area contributed by atoms with Gasteiger partial charge in [-0.05, 0) is 26.0 Å². The van der Waals surface area contributed by atoms with E-state index in [4.69, 9.17) is 9.47 Å². The first-order valence-corrected chi connectivity index (χ1v) is 5.78. The van der Waals surface area contributed by atoms with Crippen molar-refractivity contribution in [2.24, 2.45) is 0 Å². The van der Waals surface area contributed by atoms with Crippen LogP contribution in [-0.4, -0.2) is 24.7 Å². The zero-order valence-electron chi connectivity index (χ0n) is 10.2. The molecular formula is C13H17NO3. The number of carbonyl (C=O) groups is 1. The Morgan fingerprint density at radius 2 is 2.29 bits per heavy atom. The first-order valence-electron chi connectivity index (χ1n) is 5.78. The van der Waals surface area contributed by atoms with E-state index in [1.54, 1.807) is 6.92 Å². The van der Waals surface area contributed by atoms with Crippen LogP contribution in [0.3, 0.4) is 0 Å². The highest BCUT2D eigenvalue weighted by atomic mass is 16.5. The van der Waals surface area contributed by atoms with Crippen molar-refractivity contribution in [2.45, 2.75) is 25.8 Å². The number of anilines is 1. The molecule has 0 aromatic heterocycles. The standard InChI is InChI=1S/C13H17NO3/c1-3-16-12(15)8-13(2)9-17-11-7-5-4-6-10(11)14-13/h4-7,14H,3,8-9H2,1-2H3. The predicted octanol–water partition coefficient (Wildman–Crippen LogP) is 2.20. The number of benzene rings is 1. The van der Waals surface area contributed by atoms with Gasteiger partial charge in [0, 0.05) is 0 Å². The van der Waals surface area contributed by atoms with Crippen LogP contribution >= 0.6 is 0 Å². The summed E-state index contributed by atoms with van der Waals surface area (Å²) >= 11 is 0. The summed E-state index contributed by atoms with van der Waals surface area (Å²) < 4.78 is 10.6. The van der Waals surface area contributed by atoms with Crippen molar-refractivity contribution in [3.63, 3.8) is 0 Å². The van der Waals surface area contributed by atoms with E-state index >= 15 is 0 Å². The highest BCUT2D eigenvalue weighted by molar-refractivity contribution is 5.72. The molecule has 2 rings (SSSR count). The van der Waals surface area contributed by atoms with Gasteiger partial charge in [-0.25, -0.2) is 0 Å². The van der Waals surface area contributed by atoms with Crippen molar-refractivity contribution in [3.05, 3.63) is 24.3 Å². The molecule has 17 heavy (non-hydrogen) atoms. The Balaban J connectivity index is 2.07. The van der Waals surface area contributed by atoms with E-state index in [0.717, 1.165) is 11.4 Å². The minimum absolute atomic E-state index is 0.203. The van der Waals surface area contributed by atoms with Gasteiger partial charge in [-0.2, -0.15) is 0 Å². The predicted molar refractivity (Wildman–Crippen MR) is 65.2 cm³/mol. The monoisotopic (exact) mass is 235 g/mol. The molecule has 0 radical (unpaired) electrons. The van der Waals surface area contributed by atoms with Crippen molar-refractivity contribution >= 4 is 11.7 Å². The first kappa shape index (κ1) is 11.8. The molecule has 4 nitrogen and oxygen atoms in total. The lowest BCUT2D eigenvalue weighted by molar-refractivity contribution is -0.144. The van der Waals surface area contributed by atoms with Gasteiger partial charge < -0.3 is 14.8 Å². The van der Waals surface area contributed by atoms with Crippen molar-refractivity contribution in [3.8, 4) is 5.75 Å². The topological polar surface area (TPSA) is 47.6 Å². The third-order valence-electron chi connectivity index (χ3n) is 2.71. The van der Waals surface area contributed by atoms with Crippen LogP contribution in [0.2, 0.25) is 0 Å². The van der Waals surface area contributed by atoms with Crippen LogP contribution in [0.15, 0.2) is 24.3 Å². The Morgan fingerprint density at radius 3 is 3.06 bits per heavy atom. The number of carbonyl (C=O) groups excluding carboxylic acids is 1. The molecule has 0 bridgehead atoms. The molecule has 0 amide bonds. The van der Waals surface area contributed by atoms with E-state index in [9.17, 15) is 4.79 Å². The van der Waals surface area contributed by atoms with E-state index in [-0.39, 0.29) is 5.97 Å². The number of nitrogens with one attached hydrogen (secondary N) is 1. The van der Waals surface area contributed by atoms with Crippen molar-refractivity contribution in [1.82, 2.24) is 0 Å². The Bertz CT molecular complexity index is 419. The molecule has 1 aliphatic heterocycles. The highest BCUT2D eigenvalue weighted by Gasteiger charge is 2.33. The molecule has 1 aromatic rings. The fourth-order valence-corrected chi connectivity index (χ4v) is 1.92. The Labute approximate surface area is 101 Å². The number of esters is 1. The van der Waals surface area contributed by atoms with E-state index in [1.165, 1.54) is 0 Å². The van der Waals surface area contributed by atoms with Gasteiger partial charge >= 0.3 is 5.97 Å². The molecular weight excluding hydrogens is 218 g/mol. The van der Waals surface area contributed by atoms with Gasteiger partial charge in [-0.15, -0.1) is 0 Å². The number of rotatable bonds is 3. The average molecular weight is 235 g/mol. The summed E-state index contributed by atoms with van der Waals surface area (Å²) in [6.45, 7) is 4.63. The van der Waals surface area contributed by atoms with Crippen LogP contribution < -0.4 is 10.1 Å². The largest absolute Gasteiger partial charge is 0.489 e. The van der Waals surface area contributed by atoms with Crippen molar-refractivity contribution in [1.29, 1.82) is 0 Å². The van der Waals surface area contributed by atoms with Gasteiger partial charge in [0.15, 0.2) is 0 Å². The minimum atomic E-state index is -0.402. The fraction of sp³-hybridized carbons (Fsp3) is 0.462. The van der Waals surface area contributed by atoms with Crippen LogP contribution in [0.5, 0.6) is 5.75 Å². The summed E-state index contributed by atoms with van der Waals surface area (Å²) in [5.74, 6) is 0.624. The normalized spacial score (nSPS) is 22.0. The van der Waals surface area contributed by atoms with Gasteiger partial charge in [0.05, 0.1) is 24.3 Å². The molecule has 1 aliphatic rings. The third-order valence-corrected chi connectivity index (χ3v) is 2.71. The van der Waals surface area contributed by atoms with Gasteiger partial charge in [0.2, 0.25) is 0 Å². The summed E-state index contributed by atoms with van der Waals surface area (Å²) in [6, 6.07) is 7.71. The fourth-order valence-electron chi connectivity index (χ4n) is 1.92. The molecule has 1 atom stereocenters. The summed E-state index contributed by atoms with van der Waals surface area (Å²) in [5.41, 5.74) is 0.520. The SMILES string of the molecule is CCOC(=O)CC1(C)COc2ccccc2N1. The van der Waals surface area contributed by atoms with E-state index < -0.39 is 5.54 Å². The maximum Gasteiger partial charge on any atom is 0.308 e. The summed E-state index contributed by atoms with van der Waals surface area (Å²) in [7, 11) is 0. The van der Waals surface area contributed by atoms with Crippen molar-refractivity contribution < 1.29 is 14.3 Å². The second-order valence-corrected chi connectivity index (χ2v) is 4.45. The van der Waals surface area contributed by atoms with Crippen LogP contribution in [0.4, 0.5) is 5.69 Å². The molecule has 92 valence electrons. The minimum Gasteiger partial charge on any atom is -0.489 e. The second-order valence-electron chi connectivity index (χ2n) is 4.45. The number of ether oxygens (including phenoxy) is 2. The second kappa shape index (κ2) is 4.65. The molecule has 1 aromatic carbocycles. The zero-order valence-corrected chi connectivity index (χ0v) is 10.2. The number of hydrogen-bond donors (Lipinski definition) is 1. The summed E-state index contributed by atoms with van der Waals surface area (Å²) in [4.78, 5) is 11.5. The Hall–Kier alpha value is -1.71. The quantitative estimate of drug-likeness (QED) is 0.816. The molecule has 0 aliphatic carbocycles. The molecule has 4 heteroatoms. The van der Waals surface area contributed by atoms with Crippen LogP contribution in [0, 0.1) is 0 Å². The molecule has 1 unspecified atom stereocenters. The lowest BCUT2D eigenvalue weighted by atomic mass is 9.97. The van der Waals surface area contributed by atoms with Crippen LogP contribution in [0.25, 0.3) is 0 Å².